The predicted molar refractivity (Wildman–Crippen MR) is 86.2 cm³/mol. The summed E-state index contributed by atoms with van der Waals surface area (Å²) in [5.41, 5.74) is 2.06. The minimum atomic E-state index is -0.768. The highest BCUT2D eigenvalue weighted by atomic mass is 16.5. The zero-order valence-electron chi connectivity index (χ0n) is 13.2. The summed E-state index contributed by atoms with van der Waals surface area (Å²) in [5, 5.41) is 2.92. The van der Waals surface area contributed by atoms with Crippen LogP contribution >= 0.6 is 0 Å². The standard InChI is InChI=1S/C18H23NO3/c1-13-6-5-7-15(12-13)10-11-17(20)22-14(2)18(21)19-16-8-3-4-9-16/h5-7,10-12,14,16H,3-4,8-9H2,1-2H3,(H,19,21)/b11-10+/t14-/m0/s1. The second kappa shape index (κ2) is 7.78. The summed E-state index contributed by atoms with van der Waals surface area (Å²) in [7, 11) is 0. The summed E-state index contributed by atoms with van der Waals surface area (Å²) in [5.74, 6) is -0.722. The van der Waals surface area contributed by atoms with Gasteiger partial charge in [-0.15, -0.1) is 0 Å². The molecule has 0 aromatic heterocycles. The molecular weight excluding hydrogens is 278 g/mol. The maximum absolute atomic E-state index is 11.9. The van der Waals surface area contributed by atoms with Gasteiger partial charge in [0, 0.05) is 12.1 Å². The Morgan fingerprint density at radius 3 is 2.73 bits per heavy atom. The van der Waals surface area contributed by atoms with Crippen LogP contribution in [-0.2, 0) is 14.3 Å². The molecule has 22 heavy (non-hydrogen) atoms. The molecule has 118 valence electrons. The quantitative estimate of drug-likeness (QED) is 0.672. The van der Waals surface area contributed by atoms with Gasteiger partial charge in [0.15, 0.2) is 6.10 Å². The van der Waals surface area contributed by atoms with Gasteiger partial charge in [0.1, 0.15) is 0 Å². The lowest BCUT2D eigenvalue weighted by Gasteiger charge is -2.16. The Labute approximate surface area is 131 Å². The van der Waals surface area contributed by atoms with Crippen LogP contribution in [-0.4, -0.2) is 24.0 Å². The summed E-state index contributed by atoms with van der Waals surface area (Å²) in [6.07, 6.45) is 6.61. The van der Waals surface area contributed by atoms with E-state index in [1.165, 1.54) is 6.08 Å². The molecule has 2 rings (SSSR count). The number of carbonyl (C=O) groups is 2. The third kappa shape index (κ3) is 5.02. The van der Waals surface area contributed by atoms with Crippen LogP contribution in [0.15, 0.2) is 30.3 Å². The van der Waals surface area contributed by atoms with Crippen LogP contribution in [0, 0.1) is 6.92 Å². The molecule has 0 radical (unpaired) electrons. The molecule has 1 aliphatic rings. The first-order valence-electron chi connectivity index (χ1n) is 7.80. The van der Waals surface area contributed by atoms with Crippen LogP contribution in [0.25, 0.3) is 6.08 Å². The van der Waals surface area contributed by atoms with E-state index in [1.54, 1.807) is 13.0 Å². The van der Waals surface area contributed by atoms with Crippen LogP contribution in [0.5, 0.6) is 0 Å². The maximum atomic E-state index is 11.9. The van der Waals surface area contributed by atoms with Crippen LogP contribution in [0.3, 0.4) is 0 Å². The van der Waals surface area contributed by atoms with Crippen LogP contribution in [0.1, 0.15) is 43.7 Å². The first-order valence-corrected chi connectivity index (χ1v) is 7.80. The molecule has 1 N–H and O–H groups in total. The highest BCUT2D eigenvalue weighted by Gasteiger charge is 2.22. The molecule has 1 saturated carbocycles. The lowest BCUT2D eigenvalue weighted by atomic mass is 10.1. The fraction of sp³-hybridized carbons (Fsp3) is 0.444. The molecular formula is C18H23NO3. The number of hydrogen-bond acceptors (Lipinski definition) is 3. The van der Waals surface area contributed by atoms with E-state index >= 15 is 0 Å². The minimum absolute atomic E-state index is 0.218. The highest BCUT2D eigenvalue weighted by molar-refractivity contribution is 5.90. The normalized spacial score (nSPS) is 16.6. The van der Waals surface area contributed by atoms with Gasteiger partial charge in [-0.1, -0.05) is 42.7 Å². The van der Waals surface area contributed by atoms with Gasteiger partial charge in [-0.05, 0) is 38.3 Å². The molecule has 0 unspecified atom stereocenters. The molecule has 4 nitrogen and oxygen atoms in total. The summed E-state index contributed by atoms with van der Waals surface area (Å²) in [6, 6.07) is 8.03. The second-order valence-corrected chi connectivity index (χ2v) is 5.82. The number of amides is 1. The molecule has 1 aromatic rings. The van der Waals surface area contributed by atoms with E-state index < -0.39 is 12.1 Å². The molecule has 1 amide bonds. The van der Waals surface area contributed by atoms with Gasteiger partial charge in [0.05, 0.1) is 0 Å². The smallest absolute Gasteiger partial charge is 0.331 e. The Bertz CT molecular complexity index is 559. The van der Waals surface area contributed by atoms with Gasteiger partial charge >= 0.3 is 5.97 Å². The number of hydrogen-bond donors (Lipinski definition) is 1. The summed E-state index contributed by atoms with van der Waals surface area (Å²) in [6.45, 7) is 3.59. The molecule has 0 aliphatic heterocycles. The Hall–Kier alpha value is -2.10. The zero-order chi connectivity index (χ0) is 15.9. The van der Waals surface area contributed by atoms with Crippen molar-refractivity contribution in [3.63, 3.8) is 0 Å². The predicted octanol–water partition coefficient (Wildman–Crippen LogP) is 3.00. The van der Waals surface area contributed by atoms with E-state index in [0.29, 0.717) is 0 Å². The molecule has 1 aliphatic carbocycles. The Kier molecular flexibility index (Phi) is 5.75. The van der Waals surface area contributed by atoms with Gasteiger partial charge in [-0.25, -0.2) is 4.79 Å². The maximum Gasteiger partial charge on any atom is 0.331 e. The Morgan fingerprint density at radius 2 is 2.05 bits per heavy atom. The van der Waals surface area contributed by atoms with Crippen molar-refractivity contribution in [1.82, 2.24) is 5.32 Å². The topological polar surface area (TPSA) is 55.4 Å². The highest BCUT2D eigenvalue weighted by Crippen LogP contribution is 2.17. The van der Waals surface area contributed by atoms with E-state index in [2.05, 4.69) is 5.32 Å². The van der Waals surface area contributed by atoms with Crippen molar-refractivity contribution in [3.8, 4) is 0 Å². The summed E-state index contributed by atoms with van der Waals surface area (Å²) in [4.78, 5) is 23.7. The number of nitrogens with one attached hydrogen (secondary N) is 1. The number of ether oxygens (including phenoxy) is 1. The zero-order valence-corrected chi connectivity index (χ0v) is 13.2. The molecule has 1 atom stereocenters. The monoisotopic (exact) mass is 301 g/mol. The van der Waals surface area contributed by atoms with Crippen molar-refractivity contribution in [2.45, 2.75) is 51.7 Å². The molecule has 0 saturated heterocycles. The number of esters is 1. The molecule has 0 spiro atoms. The van der Waals surface area contributed by atoms with Gasteiger partial charge in [-0.3, -0.25) is 4.79 Å². The Balaban J connectivity index is 1.81. The van der Waals surface area contributed by atoms with Gasteiger partial charge in [-0.2, -0.15) is 0 Å². The van der Waals surface area contributed by atoms with Crippen molar-refractivity contribution >= 4 is 18.0 Å². The molecule has 1 aromatic carbocycles. The molecule has 4 heteroatoms. The van der Waals surface area contributed by atoms with Crippen molar-refractivity contribution in [2.75, 3.05) is 0 Å². The average molecular weight is 301 g/mol. The fourth-order valence-corrected chi connectivity index (χ4v) is 2.59. The molecule has 0 bridgehead atoms. The first-order chi connectivity index (χ1) is 10.5. The van der Waals surface area contributed by atoms with E-state index in [1.807, 2.05) is 31.2 Å². The van der Waals surface area contributed by atoms with Gasteiger partial charge in [0.25, 0.3) is 5.91 Å². The van der Waals surface area contributed by atoms with Crippen molar-refractivity contribution in [3.05, 3.63) is 41.5 Å². The van der Waals surface area contributed by atoms with E-state index in [9.17, 15) is 9.59 Å². The fourth-order valence-electron chi connectivity index (χ4n) is 2.59. The SMILES string of the molecule is Cc1cccc(/C=C/C(=O)O[C@@H](C)C(=O)NC2CCCC2)c1. The summed E-state index contributed by atoms with van der Waals surface area (Å²) < 4.78 is 5.14. The number of rotatable bonds is 5. The number of carbonyl (C=O) groups excluding carboxylic acids is 2. The van der Waals surface area contributed by atoms with E-state index in [-0.39, 0.29) is 11.9 Å². The lowest BCUT2D eigenvalue weighted by molar-refractivity contribution is -0.150. The van der Waals surface area contributed by atoms with Crippen LogP contribution in [0.4, 0.5) is 0 Å². The first kappa shape index (κ1) is 16.3. The van der Waals surface area contributed by atoms with Crippen LogP contribution < -0.4 is 5.32 Å². The third-order valence-corrected chi connectivity index (χ3v) is 3.82. The minimum Gasteiger partial charge on any atom is -0.449 e. The number of aryl methyl sites for hydroxylation is 1. The molecule has 0 heterocycles. The van der Waals surface area contributed by atoms with Crippen molar-refractivity contribution in [1.29, 1.82) is 0 Å². The third-order valence-electron chi connectivity index (χ3n) is 3.82. The Morgan fingerprint density at radius 1 is 1.32 bits per heavy atom. The largest absolute Gasteiger partial charge is 0.449 e. The average Bonchev–Trinajstić information content (AvgIpc) is 2.98. The van der Waals surface area contributed by atoms with Gasteiger partial charge < -0.3 is 10.1 Å². The number of benzene rings is 1. The van der Waals surface area contributed by atoms with Gasteiger partial charge in [0.2, 0.25) is 0 Å². The summed E-state index contributed by atoms with van der Waals surface area (Å²) >= 11 is 0. The second-order valence-electron chi connectivity index (χ2n) is 5.82. The molecule has 1 fully saturated rings. The van der Waals surface area contributed by atoms with Crippen LogP contribution in [0.2, 0.25) is 0 Å². The lowest BCUT2D eigenvalue weighted by Crippen LogP contribution is -2.40. The van der Waals surface area contributed by atoms with Crippen molar-refractivity contribution in [2.24, 2.45) is 0 Å². The van der Waals surface area contributed by atoms with E-state index in [0.717, 1.165) is 36.8 Å². The van der Waals surface area contributed by atoms with E-state index in [4.69, 9.17) is 4.74 Å². The van der Waals surface area contributed by atoms with Crippen molar-refractivity contribution < 1.29 is 14.3 Å².